The van der Waals surface area contributed by atoms with Crippen LogP contribution < -0.4 is 5.56 Å². The molecule has 164 valence electrons. The number of amides is 1. The van der Waals surface area contributed by atoms with Crippen LogP contribution in [0.3, 0.4) is 0 Å². The van der Waals surface area contributed by atoms with Crippen molar-refractivity contribution >= 4 is 49.2 Å². The Morgan fingerprint density at radius 1 is 1.26 bits per heavy atom. The normalized spacial score (nSPS) is 16.1. The molecule has 1 unspecified atom stereocenters. The number of thioether (sulfide) groups is 1. The molecule has 1 aliphatic heterocycles. The van der Waals surface area contributed by atoms with Crippen molar-refractivity contribution in [3.8, 4) is 0 Å². The molecule has 1 amide bonds. The van der Waals surface area contributed by atoms with E-state index in [1.807, 2.05) is 6.92 Å². The molecule has 31 heavy (non-hydrogen) atoms. The number of rotatable bonds is 7. The first-order valence-electron chi connectivity index (χ1n) is 10.0. The predicted octanol–water partition coefficient (Wildman–Crippen LogP) is 3.82. The summed E-state index contributed by atoms with van der Waals surface area (Å²) < 4.78 is 26.2. The maximum absolute atomic E-state index is 12.8. The Morgan fingerprint density at radius 2 is 2.00 bits per heavy atom. The van der Waals surface area contributed by atoms with Crippen molar-refractivity contribution in [3.63, 3.8) is 0 Å². The lowest BCUT2D eigenvalue weighted by Crippen LogP contribution is -2.32. The van der Waals surface area contributed by atoms with Gasteiger partial charge in [0.15, 0.2) is 5.16 Å². The van der Waals surface area contributed by atoms with Gasteiger partial charge in [0.25, 0.3) is 21.5 Å². The fraction of sp³-hybridized carbons (Fsp3) is 0.381. The highest BCUT2D eigenvalue weighted by Gasteiger charge is 2.40. The van der Waals surface area contributed by atoms with Gasteiger partial charge in [0, 0.05) is 17.2 Å². The third-order valence-corrected chi connectivity index (χ3v) is 9.27. The number of carbonyl (C=O) groups excluding carboxylic acids is 1. The largest absolute Gasteiger partial charge is 0.301 e. The molecular weight excluding hydrogens is 454 g/mol. The Morgan fingerprint density at radius 3 is 2.71 bits per heavy atom. The van der Waals surface area contributed by atoms with Crippen LogP contribution in [-0.4, -0.2) is 40.9 Å². The molecule has 1 aromatic carbocycles. The molecular formula is C21H23N3O4S3. The number of H-pyrrole nitrogens is 1. The molecule has 0 radical (unpaired) electrons. The zero-order valence-electron chi connectivity index (χ0n) is 17.5. The Bertz CT molecular complexity index is 1330. The second-order valence-electron chi connectivity index (χ2n) is 7.63. The van der Waals surface area contributed by atoms with Crippen molar-refractivity contribution in [1.29, 1.82) is 0 Å². The highest BCUT2D eigenvalue weighted by molar-refractivity contribution is 7.99. The molecule has 7 nitrogen and oxygen atoms in total. The summed E-state index contributed by atoms with van der Waals surface area (Å²) in [6, 6.07) is 6.21. The minimum atomic E-state index is -3.83. The van der Waals surface area contributed by atoms with E-state index in [1.165, 1.54) is 35.2 Å². The second-order valence-corrected chi connectivity index (χ2v) is 11.8. The number of carbonyl (C=O) groups is 1. The first-order valence-corrected chi connectivity index (χ1v) is 13.3. The summed E-state index contributed by atoms with van der Waals surface area (Å²) in [5.74, 6) is 0.253. The minimum absolute atomic E-state index is 0.00495. The van der Waals surface area contributed by atoms with E-state index >= 15 is 0 Å². The van der Waals surface area contributed by atoms with Gasteiger partial charge >= 0.3 is 0 Å². The summed E-state index contributed by atoms with van der Waals surface area (Å²) in [5.41, 5.74) is 1.09. The van der Waals surface area contributed by atoms with Crippen molar-refractivity contribution in [3.05, 3.63) is 50.6 Å². The minimum Gasteiger partial charge on any atom is -0.301 e. The van der Waals surface area contributed by atoms with Gasteiger partial charge in [0.1, 0.15) is 9.73 Å². The van der Waals surface area contributed by atoms with Crippen LogP contribution in [-0.2, 0) is 16.4 Å². The predicted molar refractivity (Wildman–Crippen MR) is 124 cm³/mol. The summed E-state index contributed by atoms with van der Waals surface area (Å²) in [4.78, 5) is 34.5. The Balaban J connectivity index is 1.52. The van der Waals surface area contributed by atoms with Crippen molar-refractivity contribution in [2.24, 2.45) is 5.92 Å². The third-order valence-electron chi connectivity index (χ3n) is 5.54. The van der Waals surface area contributed by atoms with E-state index in [9.17, 15) is 18.0 Å². The van der Waals surface area contributed by atoms with Gasteiger partial charge in [0.2, 0.25) is 0 Å². The van der Waals surface area contributed by atoms with Gasteiger partial charge in [-0.15, -0.1) is 11.3 Å². The number of aryl methyl sites for hydroxylation is 1. The molecule has 0 aliphatic carbocycles. The lowest BCUT2D eigenvalue weighted by atomic mass is 9.98. The molecule has 3 heterocycles. The number of fused-ring (bicyclic) bond motifs is 2. The van der Waals surface area contributed by atoms with Crippen LogP contribution in [0.5, 0.6) is 0 Å². The monoisotopic (exact) mass is 477 g/mol. The smallest absolute Gasteiger partial charge is 0.269 e. The van der Waals surface area contributed by atoms with Crippen molar-refractivity contribution in [1.82, 2.24) is 14.3 Å². The molecule has 1 N–H and O–H groups in total. The number of benzene rings is 1. The molecule has 0 saturated heterocycles. The molecule has 1 atom stereocenters. The molecule has 1 aliphatic rings. The second kappa shape index (κ2) is 8.40. The number of aromatic amines is 1. The first-order chi connectivity index (χ1) is 14.7. The van der Waals surface area contributed by atoms with Crippen LogP contribution >= 0.6 is 23.1 Å². The van der Waals surface area contributed by atoms with Crippen LogP contribution in [0.4, 0.5) is 0 Å². The molecule has 0 fully saturated rings. The third kappa shape index (κ3) is 3.92. The fourth-order valence-electron chi connectivity index (χ4n) is 3.64. The van der Waals surface area contributed by atoms with Gasteiger partial charge in [0.05, 0.1) is 10.9 Å². The highest BCUT2D eigenvalue weighted by atomic mass is 32.2. The number of aromatic nitrogens is 2. The summed E-state index contributed by atoms with van der Waals surface area (Å²) in [6.07, 6.45) is 1.88. The number of hydrogen-bond acceptors (Lipinski definition) is 7. The van der Waals surface area contributed by atoms with Gasteiger partial charge in [-0.1, -0.05) is 44.2 Å². The molecule has 0 spiro atoms. The van der Waals surface area contributed by atoms with Crippen LogP contribution in [0.2, 0.25) is 0 Å². The van der Waals surface area contributed by atoms with Crippen LogP contribution in [0.1, 0.15) is 41.1 Å². The highest BCUT2D eigenvalue weighted by Crippen LogP contribution is 2.32. The maximum Gasteiger partial charge on any atom is 0.269 e. The average molecular weight is 478 g/mol. The quantitative estimate of drug-likeness (QED) is 0.410. The van der Waals surface area contributed by atoms with Crippen molar-refractivity contribution in [2.45, 2.75) is 43.7 Å². The molecule has 4 rings (SSSR count). The molecule has 0 saturated carbocycles. The van der Waals surface area contributed by atoms with E-state index in [2.05, 4.69) is 23.8 Å². The lowest BCUT2D eigenvalue weighted by molar-refractivity contribution is 0.0876. The maximum atomic E-state index is 12.8. The van der Waals surface area contributed by atoms with Crippen molar-refractivity contribution < 1.29 is 13.2 Å². The van der Waals surface area contributed by atoms with Crippen LogP contribution in [0, 0.1) is 12.8 Å². The summed E-state index contributed by atoms with van der Waals surface area (Å²) in [7, 11) is -3.83. The number of thiophene rings is 1. The first kappa shape index (κ1) is 22.0. The standard InChI is InChI=1S/C21H23N3O4S3/c1-4-12(2)11-15-13(3)30-19-17(15)18(25)22-21(23-19)29-10-9-24-20(26)14-7-5-6-8-16(14)31(24,27)28/h5-8,12H,4,9-11H2,1-3H3,(H,22,23,25). The Labute approximate surface area is 188 Å². The fourth-order valence-corrected chi connectivity index (χ4v) is 7.22. The molecule has 2 aromatic heterocycles. The van der Waals surface area contributed by atoms with E-state index in [-0.39, 0.29) is 28.3 Å². The van der Waals surface area contributed by atoms with E-state index in [0.717, 1.165) is 27.6 Å². The number of hydrogen-bond donors (Lipinski definition) is 1. The number of sulfonamides is 1. The van der Waals surface area contributed by atoms with Gasteiger partial charge in [-0.25, -0.2) is 17.7 Å². The van der Waals surface area contributed by atoms with Gasteiger partial charge < -0.3 is 4.98 Å². The average Bonchev–Trinajstić information content (AvgIpc) is 3.14. The topological polar surface area (TPSA) is 100 Å². The number of nitrogens with zero attached hydrogens (tertiary/aromatic N) is 2. The van der Waals surface area contributed by atoms with Gasteiger partial charge in [-0.3, -0.25) is 9.59 Å². The Kier molecular flexibility index (Phi) is 5.97. The zero-order chi connectivity index (χ0) is 22.3. The summed E-state index contributed by atoms with van der Waals surface area (Å²) >= 11 is 2.74. The van der Waals surface area contributed by atoms with E-state index in [0.29, 0.717) is 21.3 Å². The van der Waals surface area contributed by atoms with E-state index < -0.39 is 15.9 Å². The van der Waals surface area contributed by atoms with Gasteiger partial charge in [-0.05, 0) is 37.0 Å². The molecule has 10 heteroatoms. The summed E-state index contributed by atoms with van der Waals surface area (Å²) in [6.45, 7) is 6.32. The van der Waals surface area contributed by atoms with Gasteiger partial charge in [-0.2, -0.15) is 0 Å². The number of nitrogens with one attached hydrogen (secondary N) is 1. The SMILES string of the molecule is CCC(C)Cc1c(C)sc2nc(SCCN3C(=O)c4ccccc4S3(=O)=O)[nH]c(=O)c12. The van der Waals surface area contributed by atoms with E-state index in [1.54, 1.807) is 12.1 Å². The summed E-state index contributed by atoms with van der Waals surface area (Å²) in [5, 5.41) is 1.08. The Hall–Kier alpha value is -2.17. The van der Waals surface area contributed by atoms with E-state index in [4.69, 9.17) is 0 Å². The van der Waals surface area contributed by atoms with Crippen LogP contribution in [0.25, 0.3) is 10.2 Å². The van der Waals surface area contributed by atoms with Crippen molar-refractivity contribution in [2.75, 3.05) is 12.3 Å². The molecule has 3 aromatic rings. The lowest BCUT2D eigenvalue weighted by Gasteiger charge is -2.14. The van der Waals surface area contributed by atoms with Crippen LogP contribution in [0.15, 0.2) is 39.1 Å². The molecule has 0 bridgehead atoms. The zero-order valence-corrected chi connectivity index (χ0v) is 19.9.